The Morgan fingerprint density at radius 2 is 1.57 bits per heavy atom. The molecule has 150 valence electrons. The largest absolute Gasteiger partial charge is 0.493 e. The Morgan fingerprint density at radius 3 is 2.11 bits per heavy atom. The van der Waals surface area contributed by atoms with Crippen LogP contribution in [0.3, 0.4) is 0 Å². The van der Waals surface area contributed by atoms with Crippen LogP contribution in [0.2, 0.25) is 0 Å². The molecule has 0 aliphatic carbocycles. The molecular weight excluding hydrogens is 360 g/mol. The topological polar surface area (TPSA) is 77.1 Å². The molecule has 7 heteroatoms. The van der Waals surface area contributed by atoms with Gasteiger partial charge in [0.15, 0.2) is 11.5 Å². The molecule has 0 spiro atoms. The first-order valence-electron chi connectivity index (χ1n) is 8.78. The highest BCUT2D eigenvalue weighted by Gasteiger charge is 2.18. The van der Waals surface area contributed by atoms with Gasteiger partial charge in [-0.2, -0.15) is 0 Å². The second-order valence-corrected chi connectivity index (χ2v) is 6.30. The zero-order valence-electron chi connectivity index (χ0n) is 16.9. The number of methoxy groups -OCH3 is 3. The molecule has 0 aliphatic rings. The Hall–Kier alpha value is -3.22. The molecular formula is C21H26N2O5. The lowest BCUT2D eigenvalue weighted by Crippen LogP contribution is -2.28. The number of carbonyl (C=O) groups is 2. The second-order valence-electron chi connectivity index (χ2n) is 6.30. The number of anilines is 1. The molecule has 2 amide bonds. The minimum atomic E-state index is -0.132. The van der Waals surface area contributed by atoms with E-state index in [-0.39, 0.29) is 18.2 Å². The Morgan fingerprint density at radius 1 is 0.929 bits per heavy atom. The molecule has 0 fully saturated rings. The number of benzene rings is 2. The van der Waals surface area contributed by atoms with Crippen molar-refractivity contribution in [2.45, 2.75) is 19.9 Å². The van der Waals surface area contributed by atoms with Gasteiger partial charge in [0.1, 0.15) is 0 Å². The minimum absolute atomic E-state index is 0.0379. The van der Waals surface area contributed by atoms with Crippen molar-refractivity contribution < 1.29 is 23.8 Å². The van der Waals surface area contributed by atoms with Gasteiger partial charge in [0.25, 0.3) is 0 Å². The number of carbonyl (C=O) groups excluding carboxylic acids is 2. The van der Waals surface area contributed by atoms with Crippen molar-refractivity contribution >= 4 is 17.5 Å². The molecule has 0 unspecified atom stereocenters. The second kappa shape index (κ2) is 9.64. The van der Waals surface area contributed by atoms with E-state index in [1.807, 2.05) is 18.2 Å². The molecule has 1 N–H and O–H groups in total. The number of rotatable bonds is 8. The van der Waals surface area contributed by atoms with Gasteiger partial charge in [-0.1, -0.05) is 12.1 Å². The number of amides is 2. The van der Waals surface area contributed by atoms with Crippen LogP contribution >= 0.6 is 0 Å². The summed E-state index contributed by atoms with van der Waals surface area (Å²) in [6.45, 7) is 1.82. The van der Waals surface area contributed by atoms with E-state index < -0.39 is 0 Å². The predicted octanol–water partition coefficient (Wildman–Crippen LogP) is 2.87. The highest BCUT2D eigenvalue weighted by molar-refractivity contribution is 5.88. The number of hydrogen-bond donors (Lipinski definition) is 1. The summed E-state index contributed by atoms with van der Waals surface area (Å²) in [4.78, 5) is 25.3. The van der Waals surface area contributed by atoms with Gasteiger partial charge >= 0.3 is 0 Å². The van der Waals surface area contributed by atoms with Crippen LogP contribution in [0.25, 0.3) is 0 Å². The fraction of sp³-hybridized carbons (Fsp3) is 0.333. The van der Waals surface area contributed by atoms with Crippen LogP contribution in [-0.4, -0.2) is 45.1 Å². The maximum absolute atomic E-state index is 12.6. The van der Waals surface area contributed by atoms with Gasteiger partial charge in [0, 0.05) is 31.8 Å². The van der Waals surface area contributed by atoms with Crippen LogP contribution in [0.5, 0.6) is 17.2 Å². The molecule has 7 nitrogen and oxygen atoms in total. The third kappa shape index (κ3) is 5.16. The fourth-order valence-corrected chi connectivity index (χ4v) is 2.85. The Bertz CT molecular complexity index is 833. The third-order valence-corrected chi connectivity index (χ3v) is 4.25. The Labute approximate surface area is 165 Å². The van der Waals surface area contributed by atoms with Crippen molar-refractivity contribution in [2.24, 2.45) is 0 Å². The van der Waals surface area contributed by atoms with E-state index in [0.29, 0.717) is 29.5 Å². The molecule has 2 aromatic carbocycles. The highest BCUT2D eigenvalue weighted by atomic mass is 16.5. The molecule has 2 rings (SSSR count). The average Bonchev–Trinajstić information content (AvgIpc) is 2.68. The quantitative estimate of drug-likeness (QED) is 0.755. The summed E-state index contributed by atoms with van der Waals surface area (Å²) in [7, 11) is 6.40. The number of ether oxygens (including phenoxy) is 3. The van der Waals surface area contributed by atoms with Crippen LogP contribution in [0.1, 0.15) is 18.1 Å². The zero-order valence-corrected chi connectivity index (χ0v) is 16.9. The number of likely N-dealkylation sites (N-methyl/N-ethyl adjacent to an activating group) is 1. The zero-order chi connectivity index (χ0) is 20.7. The molecule has 0 saturated carbocycles. The normalized spacial score (nSPS) is 10.2. The van der Waals surface area contributed by atoms with E-state index in [1.165, 1.54) is 6.92 Å². The number of hydrogen-bond acceptors (Lipinski definition) is 5. The van der Waals surface area contributed by atoms with Gasteiger partial charge in [0.05, 0.1) is 27.8 Å². The molecule has 0 heterocycles. The Kier molecular flexibility index (Phi) is 7.26. The summed E-state index contributed by atoms with van der Waals surface area (Å²) in [6.07, 6.45) is 0.256. The van der Waals surface area contributed by atoms with Crippen LogP contribution in [0.4, 0.5) is 5.69 Å². The van der Waals surface area contributed by atoms with Crippen LogP contribution in [0, 0.1) is 0 Å². The lowest BCUT2D eigenvalue weighted by molar-refractivity contribution is -0.129. The van der Waals surface area contributed by atoms with E-state index in [9.17, 15) is 9.59 Å². The summed E-state index contributed by atoms with van der Waals surface area (Å²) in [5, 5.41) is 2.70. The lowest BCUT2D eigenvalue weighted by atomic mass is 10.1. The van der Waals surface area contributed by atoms with Gasteiger partial charge in [-0.15, -0.1) is 0 Å². The van der Waals surface area contributed by atoms with Crippen molar-refractivity contribution in [3.63, 3.8) is 0 Å². The average molecular weight is 386 g/mol. The SMILES string of the molecule is COc1ccc(CN(C)C(=O)Cc2ccc(NC(C)=O)cc2)c(OC)c1OC. The van der Waals surface area contributed by atoms with Gasteiger partial charge in [-0.3, -0.25) is 9.59 Å². The van der Waals surface area contributed by atoms with Gasteiger partial charge in [0.2, 0.25) is 17.6 Å². The van der Waals surface area contributed by atoms with E-state index in [2.05, 4.69) is 5.32 Å². The molecule has 2 aromatic rings. The molecule has 0 bridgehead atoms. The van der Waals surface area contributed by atoms with E-state index in [4.69, 9.17) is 14.2 Å². The fourth-order valence-electron chi connectivity index (χ4n) is 2.85. The third-order valence-electron chi connectivity index (χ3n) is 4.25. The molecule has 28 heavy (non-hydrogen) atoms. The van der Waals surface area contributed by atoms with E-state index >= 15 is 0 Å². The van der Waals surface area contributed by atoms with Crippen LogP contribution in [-0.2, 0) is 22.6 Å². The molecule has 0 atom stereocenters. The minimum Gasteiger partial charge on any atom is -0.493 e. The van der Waals surface area contributed by atoms with E-state index in [1.54, 1.807) is 51.5 Å². The first-order valence-corrected chi connectivity index (χ1v) is 8.78. The van der Waals surface area contributed by atoms with Crippen molar-refractivity contribution in [3.05, 3.63) is 47.5 Å². The van der Waals surface area contributed by atoms with Crippen LogP contribution in [0.15, 0.2) is 36.4 Å². The number of nitrogens with zero attached hydrogens (tertiary/aromatic N) is 1. The van der Waals surface area contributed by atoms with Gasteiger partial charge in [-0.05, 0) is 29.8 Å². The predicted molar refractivity (Wildman–Crippen MR) is 107 cm³/mol. The van der Waals surface area contributed by atoms with Crippen LogP contribution < -0.4 is 19.5 Å². The molecule has 0 saturated heterocycles. The summed E-state index contributed by atoms with van der Waals surface area (Å²) in [5.41, 5.74) is 2.38. The molecule has 0 radical (unpaired) electrons. The first-order chi connectivity index (χ1) is 13.4. The molecule has 0 aromatic heterocycles. The van der Waals surface area contributed by atoms with Crippen molar-refractivity contribution in [1.82, 2.24) is 4.90 Å². The Balaban J connectivity index is 2.09. The van der Waals surface area contributed by atoms with Crippen molar-refractivity contribution in [2.75, 3.05) is 33.7 Å². The highest BCUT2D eigenvalue weighted by Crippen LogP contribution is 2.40. The lowest BCUT2D eigenvalue weighted by Gasteiger charge is -2.21. The maximum atomic E-state index is 12.6. The van der Waals surface area contributed by atoms with Gasteiger partial charge in [-0.25, -0.2) is 0 Å². The smallest absolute Gasteiger partial charge is 0.227 e. The van der Waals surface area contributed by atoms with E-state index in [0.717, 1.165) is 11.1 Å². The monoisotopic (exact) mass is 386 g/mol. The summed E-state index contributed by atoms with van der Waals surface area (Å²) >= 11 is 0. The first kappa shape index (κ1) is 21.1. The summed E-state index contributed by atoms with van der Waals surface area (Å²) in [5.74, 6) is 1.44. The van der Waals surface area contributed by atoms with Crippen molar-refractivity contribution in [3.8, 4) is 17.2 Å². The molecule has 0 aliphatic heterocycles. The van der Waals surface area contributed by atoms with Crippen molar-refractivity contribution in [1.29, 1.82) is 0 Å². The maximum Gasteiger partial charge on any atom is 0.227 e. The standard InChI is InChI=1S/C21H26N2O5/c1-14(24)22-17-9-6-15(7-10-17)12-19(25)23(2)13-16-8-11-18(26-3)21(28-5)20(16)27-4/h6-11H,12-13H2,1-5H3,(H,22,24). The number of nitrogens with one attached hydrogen (secondary N) is 1. The summed E-state index contributed by atoms with van der Waals surface area (Å²) < 4.78 is 16.2. The summed E-state index contributed by atoms with van der Waals surface area (Å²) in [6, 6.07) is 10.9. The van der Waals surface area contributed by atoms with Gasteiger partial charge < -0.3 is 24.4 Å².